The fourth-order valence-corrected chi connectivity index (χ4v) is 4.21. The number of nitrogens with zero attached hydrogens (tertiary/aromatic N) is 3. The third-order valence-corrected chi connectivity index (χ3v) is 5.95. The molecule has 0 aliphatic carbocycles. The predicted molar refractivity (Wildman–Crippen MR) is 119 cm³/mol. The van der Waals surface area contributed by atoms with E-state index >= 15 is 0 Å². The number of carbonyl (C=O) groups excluding carboxylic acids is 3. The Hall–Kier alpha value is -3.96. The Bertz CT molecular complexity index is 1150. The largest absolute Gasteiger partial charge is 0.484 e. The fourth-order valence-electron chi connectivity index (χ4n) is 3.50. The van der Waals surface area contributed by atoms with Gasteiger partial charge in [0.25, 0.3) is 11.8 Å². The number of ether oxygens (including phenoxy) is 1. The van der Waals surface area contributed by atoms with Gasteiger partial charge in [-0.1, -0.05) is 24.3 Å². The molecular weight excluding hydrogens is 426 g/mol. The Morgan fingerprint density at radius 2 is 1.84 bits per heavy atom. The number of carbonyl (C=O) groups is 3. The lowest BCUT2D eigenvalue weighted by Crippen LogP contribution is -2.46. The molecule has 0 spiro atoms. The van der Waals surface area contributed by atoms with Crippen LogP contribution in [0.4, 0.5) is 5.69 Å². The summed E-state index contributed by atoms with van der Waals surface area (Å²) in [5.41, 5.74) is 0.808. The average Bonchev–Trinajstić information content (AvgIpc) is 3.44. The van der Waals surface area contributed by atoms with Crippen molar-refractivity contribution in [3.8, 4) is 11.8 Å². The standard InChI is InChI=1S/C24H19N3O4S/c25-14-17-8-10-18(11-9-17)27-22(28)13-21(24(27)30)26(15-20-7-4-12-32-20)23(29)16-31-19-5-2-1-3-6-19/h1-12,21H,13,15-16H2. The smallest absolute Gasteiger partial charge is 0.261 e. The van der Waals surface area contributed by atoms with E-state index < -0.39 is 17.9 Å². The van der Waals surface area contributed by atoms with Gasteiger partial charge in [-0.15, -0.1) is 11.3 Å². The first kappa shape index (κ1) is 21.3. The highest BCUT2D eigenvalue weighted by atomic mass is 32.1. The molecule has 0 radical (unpaired) electrons. The number of nitriles is 1. The summed E-state index contributed by atoms with van der Waals surface area (Å²) >= 11 is 1.47. The van der Waals surface area contributed by atoms with E-state index in [1.165, 1.54) is 16.2 Å². The minimum absolute atomic E-state index is 0.110. The molecule has 3 aromatic rings. The fraction of sp³-hybridized carbons (Fsp3) is 0.167. The van der Waals surface area contributed by atoms with Crippen LogP contribution in [0.3, 0.4) is 0 Å². The summed E-state index contributed by atoms with van der Waals surface area (Å²) in [4.78, 5) is 42.5. The molecular formula is C24H19N3O4S. The summed E-state index contributed by atoms with van der Waals surface area (Å²) in [6.07, 6.45) is -0.110. The summed E-state index contributed by atoms with van der Waals surface area (Å²) < 4.78 is 5.60. The molecule has 1 atom stereocenters. The summed E-state index contributed by atoms with van der Waals surface area (Å²) in [7, 11) is 0. The van der Waals surface area contributed by atoms with Crippen LogP contribution in [0.15, 0.2) is 72.1 Å². The summed E-state index contributed by atoms with van der Waals surface area (Å²) in [6.45, 7) is -0.0379. The number of hydrogen-bond acceptors (Lipinski definition) is 6. The van der Waals surface area contributed by atoms with E-state index in [0.717, 1.165) is 9.78 Å². The lowest BCUT2D eigenvalue weighted by Gasteiger charge is -2.27. The van der Waals surface area contributed by atoms with Crippen molar-refractivity contribution in [2.75, 3.05) is 11.5 Å². The Balaban J connectivity index is 1.56. The number of anilines is 1. The van der Waals surface area contributed by atoms with Crippen molar-refractivity contribution in [2.24, 2.45) is 0 Å². The summed E-state index contributed by atoms with van der Waals surface area (Å²) in [5.74, 6) is -0.693. The molecule has 0 N–H and O–H groups in total. The van der Waals surface area contributed by atoms with E-state index in [9.17, 15) is 14.4 Å². The van der Waals surface area contributed by atoms with Gasteiger partial charge < -0.3 is 9.64 Å². The van der Waals surface area contributed by atoms with E-state index in [4.69, 9.17) is 10.00 Å². The second-order valence-corrected chi connectivity index (χ2v) is 8.18. The van der Waals surface area contributed by atoms with Crippen LogP contribution in [0.5, 0.6) is 5.75 Å². The first-order valence-corrected chi connectivity index (χ1v) is 10.8. The van der Waals surface area contributed by atoms with Gasteiger partial charge in [-0.2, -0.15) is 5.26 Å². The van der Waals surface area contributed by atoms with E-state index in [1.807, 2.05) is 29.6 Å². The minimum Gasteiger partial charge on any atom is -0.484 e. The zero-order valence-electron chi connectivity index (χ0n) is 17.0. The van der Waals surface area contributed by atoms with Crippen LogP contribution in [0.2, 0.25) is 0 Å². The van der Waals surface area contributed by atoms with Crippen LogP contribution in [0.1, 0.15) is 16.9 Å². The number of imide groups is 1. The SMILES string of the molecule is N#Cc1ccc(N2C(=O)CC(N(Cc3cccs3)C(=O)COc3ccccc3)C2=O)cc1. The maximum Gasteiger partial charge on any atom is 0.261 e. The Kier molecular flexibility index (Phi) is 6.29. The van der Waals surface area contributed by atoms with Gasteiger partial charge in [0.05, 0.1) is 30.3 Å². The first-order chi connectivity index (χ1) is 15.6. The van der Waals surface area contributed by atoms with Gasteiger partial charge in [-0.05, 0) is 47.8 Å². The molecule has 8 heteroatoms. The van der Waals surface area contributed by atoms with Gasteiger partial charge >= 0.3 is 0 Å². The van der Waals surface area contributed by atoms with Crippen LogP contribution < -0.4 is 9.64 Å². The second-order valence-electron chi connectivity index (χ2n) is 7.15. The van der Waals surface area contributed by atoms with E-state index in [1.54, 1.807) is 48.5 Å². The Morgan fingerprint density at radius 1 is 1.09 bits per heavy atom. The molecule has 0 saturated carbocycles. The number of amides is 3. The zero-order valence-corrected chi connectivity index (χ0v) is 17.8. The van der Waals surface area contributed by atoms with Gasteiger partial charge in [0.2, 0.25) is 5.91 Å². The Morgan fingerprint density at radius 3 is 2.50 bits per heavy atom. The molecule has 0 bridgehead atoms. The Labute approximate surface area is 189 Å². The van der Waals surface area contributed by atoms with Gasteiger partial charge in [0.15, 0.2) is 6.61 Å². The quantitative estimate of drug-likeness (QED) is 0.520. The van der Waals surface area contributed by atoms with Crippen molar-refractivity contribution in [3.05, 3.63) is 82.6 Å². The minimum atomic E-state index is -0.924. The molecule has 2 heterocycles. The molecule has 2 aromatic carbocycles. The molecule has 1 saturated heterocycles. The molecule has 1 fully saturated rings. The number of hydrogen-bond donors (Lipinski definition) is 0. The average molecular weight is 446 g/mol. The van der Waals surface area contributed by atoms with Crippen molar-refractivity contribution >= 4 is 34.7 Å². The number of para-hydroxylation sites is 1. The molecule has 32 heavy (non-hydrogen) atoms. The maximum atomic E-state index is 13.2. The lowest BCUT2D eigenvalue weighted by molar-refractivity contribution is -0.140. The molecule has 160 valence electrons. The van der Waals surface area contributed by atoms with Crippen molar-refractivity contribution in [3.63, 3.8) is 0 Å². The normalized spacial score (nSPS) is 15.5. The first-order valence-electron chi connectivity index (χ1n) is 9.93. The van der Waals surface area contributed by atoms with Crippen LogP contribution in [0.25, 0.3) is 0 Å². The summed E-state index contributed by atoms with van der Waals surface area (Å²) in [6, 6.07) is 20.0. The van der Waals surface area contributed by atoms with Crippen molar-refractivity contribution in [1.29, 1.82) is 5.26 Å². The number of thiophene rings is 1. The van der Waals surface area contributed by atoms with Crippen molar-refractivity contribution < 1.29 is 19.1 Å². The number of benzene rings is 2. The van der Waals surface area contributed by atoms with E-state index in [0.29, 0.717) is 17.0 Å². The molecule has 3 amide bonds. The molecule has 1 aliphatic heterocycles. The van der Waals surface area contributed by atoms with E-state index in [2.05, 4.69) is 0 Å². The maximum absolute atomic E-state index is 13.2. The monoisotopic (exact) mass is 445 g/mol. The molecule has 1 aliphatic rings. The third-order valence-electron chi connectivity index (χ3n) is 5.09. The highest BCUT2D eigenvalue weighted by molar-refractivity contribution is 7.09. The van der Waals surface area contributed by atoms with Crippen LogP contribution in [0, 0.1) is 11.3 Å². The van der Waals surface area contributed by atoms with Crippen molar-refractivity contribution in [1.82, 2.24) is 4.90 Å². The molecule has 1 aromatic heterocycles. The second kappa shape index (κ2) is 9.45. The highest BCUT2D eigenvalue weighted by Gasteiger charge is 2.44. The lowest BCUT2D eigenvalue weighted by atomic mass is 10.2. The van der Waals surface area contributed by atoms with E-state index in [-0.39, 0.29) is 25.5 Å². The van der Waals surface area contributed by atoms with Gasteiger partial charge in [-0.3, -0.25) is 14.4 Å². The van der Waals surface area contributed by atoms with Gasteiger partial charge in [0.1, 0.15) is 11.8 Å². The molecule has 4 rings (SSSR count). The topological polar surface area (TPSA) is 90.7 Å². The van der Waals surface area contributed by atoms with Crippen LogP contribution in [-0.2, 0) is 20.9 Å². The van der Waals surface area contributed by atoms with Crippen molar-refractivity contribution in [2.45, 2.75) is 19.0 Å². The summed E-state index contributed by atoms with van der Waals surface area (Å²) in [5, 5.41) is 10.9. The molecule has 1 unspecified atom stereocenters. The van der Waals surface area contributed by atoms with Crippen LogP contribution in [-0.4, -0.2) is 35.3 Å². The predicted octanol–water partition coefficient (Wildman–Crippen LogP) is 3.36. The molecule has 7 nitrogen and oxygen atoms in total. The number of rotatable bonds is 7. The third kappa shape index (κ3) is 4.53. The highest BCUT2D eigenvalue weighted by Crippen LogP contribution is 2.28. The van der Waals surface area contributed by atoms with Gasteiger partial charge in [0, 0.05) is 4.88 Å². The van der Waals surface area contributed by atoms with Crippen LogP contribution >= 0.6 is 11.3 Å². The van der Waals surface area contributed by atoms with Gasteiger partial charge in [-0.25, -0.2) is 4.90 Å². The zero-order chi connectivity index (χ0) is 22.5.